The van der Waals surface area contributed by atoms with Gasteiger partial charge in [-0.1, -0.05) is 0 Å². The third-order valence-electron chi connectivity index (χ3n) is 4.05. The largest absolute Gasteiger partial charge is 0.493 e. The van der Waals surface area contributed by atoms with Crippen LogP contribution in [0.15, 0.2) is 12.1 Å². The third kappa shape index (κ3) is 3.29. The Morgan fingerprint density at radius 1 is 1.24 bits per heavy atom. The Labute approximate surface area is 125 Å². The Morgan fingerprint density at radius 2 is 1.90 bits per heavy atom. The van der Waals surface area contributed by atoms with Gasteiger partial charge in [-0.15, -0.1) is 0 Å². The molecule has 0 aromatic heterocycles. The van der Waals surface area contributed by atoms with Crippen LogP contribution in [-0.2, 0) is 16.1 Å². The average Bonchev–Trinajstić information content (AvgIpc) is 2.96. The van der Waals surface area contributed by atoms with E-state index in [0.29, 0.717) is 12.3 Å². The van der Waals surface area contributed by atoms with E-state index in [9.17, 15) is 4.79 Å². The van der Waals surface area contributed by atoms with Gasteiger partial charge in [0.1, 0.15) is 6.04 Å². The van der Waals surface area contributed by atoms with Crippen molar-refractivity contribution in [3.63, 3.8) is 0 Å². The number of ether oxygens (including phenoxy) is 3. The Morgan fingerprint density at radius 3 is 2.52 bits per heavy atom. The van der Waals surface area contributed by atoms with Crippen molar-refractivity contribution < 1.29 is 19.0 Å². The van der Waals surface area contributed by atoms with Gasteiger partial charge in [-0.05, 0) is 49.6 Å². The smallest absolute Gasteiger partial charge is 0.323 e. The van der Waals surface area contributed by atoms with Crippen LogP contribution in [0.3, 0.4) is 0 Å². The lowest BCUT2D eigenvalue weighted by Crippen LogP contribution is -2.36. The fourth-order valence-corrected chi connectivity index (χ4v) is 2.83. The highest BCUT2D eigenvalue weighted by molar-refractivity contribution is 5.76. The van der Waals surface area contributed by atoms with Crippen molar-refractivity contribution in [1.29, 1.82) is 0 Å². The Bertz CT molecular complexity index is 515. The molecule has 0 N–H and O–H groups in total. The summed E-state index contributed by atoms with van der Waals surface area (Å²) in [4.78, 5) is 14.0. The van der Waals surface area contributed by atoms with Crippen LogP contribution in [0, 0.1) is 6.92 Å². The number of hydrogen-bond acceptors (Lipinski definition) is 5. The van der Waals surface area contributed by atoms with Crippen molar-refractivity contribution >= 4 is 5.97 Å². The average molecular weight is 293 g/mol. The van der Waals surface area contributed by atoms with Crippen molar-refractivity contribution in [2.75, 3.05) is 27.9 Å². The van der Waals surface area contributed by atoms with E-state index in [1.165, 1.54) is 7.11 Å². The van der Waals surface area contributed by atoms with Gasteiger partial charge in [0.2, 0.25) is 0 Å². The monoisotopic (exact) mass is 293 g/mol. The van der Waals surface area contributed by atoms with E-state index in [-0.39, 0.29) is 12.0 Å². The molecule has 0 spiro atoms. The van der Waals surface area contributed by atoms with E-state index >= 15 is 0 Å². The minimum atomic E-state index is -0.148. The zero-order valence-corrected chi connectivity index (χ0v) is 13.1. The lowest BCUT2D eigenvalue weighted by molar-refractivity contribution is -0.146. The highest BCUT2D eigenvalue weighted by Gasteiger charge is 2.31. The summed E-state index contributed by atoms with van der Waals surface area (Å²) in [5.74, 6) is 1.29. The summed E-state index contributed by atoms with van der Waals surface area (Å²) in [7, 11) is 4.70. The Balaban J connectivity index is 2.21. The van der Waals surface area contributed by atoms with Crippen LogP contribution < -0.4 is 9.47 Å². The molecule has 116 valence electrons. The summed E-state index contributed by atoms with van der Waals surface area (Å²) in [6.45, 7) is 3.67. The number of aryl methyl sites for hydroxylation is 1. The molecule has 1 atom stereocenters. The molecule has 1 saturated heterocycles. The van der Waals surface area contributed by atoms with Crippen LogP contribution in [0.1, 0.15) is 24.0 Å². The predicted octanol–water partition coefficient (Wildman–Crippen LogP) is 2.15. The normalized spacial score (nSPS) is 18.6. The van der Waals surface area contributed by atoms with Gasteiger partial charge < -0.3 is 14.2 Å². The minimum Gasteiger partial charge on any atom is -0.493 e. The van der Waals surface area contributed by atoms with Crippen LogP contribution in [0.2, 0.25) is 0 Å². The minimum absolute atomic E-state index is 0.137. The summed E-state index contributed by atoms with van der Waals surface area (Å²) in [5.41, 5.74) is 2.27. The quantitative estimate of drug-likeness (QED) is 0.779. The molecule has 21 heavy (non-hydrogen) atoms. The third-order valence-corrected chi connectivity index (χ3v) is 4.05. The van der Waals surface area contributed by atoms with E-state index < -0.39 is 0 Å². The number of likely N-dealkylation sites (tertiary alicyclic amines) is 1. The number of nitrogens with zero attached hydrogens (tertiary/aromatic N) is 1. The molecule has 1 unspecified atom stereocenters. The summed E-state index contributed by atoms with van der Waals surface area (Å²) in [6.07, 6.45) is 1.88. The zero-order valence-electron chi connectivity index (χ0n) is 13.1. The van der Waals surface area contributed by atoms with Crippen LogP contribution >= 0.6 is 0 Å². The van der Waals surface area contributed by atoms with Crippen molar-refractivity contribution in [2.45, 2.75) is 32.4 Å². The molecule has 2 rings (SSSR count). The molecule has 0 saturated carbocycles. The van der Waals surface area contributed by atoms with Crippen molar-refractivity contribution in [3.05, 3.63) is 23.3 Å². The lowest BCUT2D eigenvalue weighted by atomic mass is 10.1. The lowest BCUT2D eigenvalue weighted by Gasteiger charge is -2.23. The SMILES string of the molecule is COC(=O)C1CCCN1Cc1cc(OC)c(OC)cc1C. The first kappa shape index (κ1) is 15.6. The first-order chi connectivity index (χ1) is 10.1. The maximum atomic E-state index is 11.8. The second-order valence-electron chi connectivity index (χ2n) is 5.29. The molecule has 0 amide bonds. The van der Waals surface area contributed by atoms with Crippen molar-refractivity contribution in [2.24, 2.45) is 0 Å². The van der Waals surface area contributed by atoms with Crippen LogP contribution in [0.25, 0.3) is 0 Å². The fourth-order valence-electron chi connectivity index (χ4n) is 2.83. The van der Waals surface area contributed by atoms with E-state index in [1.807, 2.05) is 19.1 Å². The molecule has 1 aliphatic heterocycles. The summed E-state index contributed by atoms with van der Waals surface area (Å²) in [5, 5.41) is 0. The van der Waals surface area contributed by atoms with Gasteiger partial charge in [-0.25, -0.2) is 0 Å². The summed E-state index contributed by atoms with van der Waals surface area (Å²) >= 11 is 0. The molecule has 5 nitrogen and oxygen atoms in total. The second-order valence-corrected chi connectivity index (χ2v) is 5.29. The molecular formula is C16H23NO4. The van der Waals surface area contributed by atoms with Crippen LogP contribution in [0.4, 0.5) is 0 Å². The van der Waals surface area contributed by atoms with Gasteiger partial charge >= 0.3 is 5.97 Å². The van der Waals surface area contributed by atoms with Crippen LogP contribution in [-0.4, -0.2) is 44.8 Å². The van der Waals surface area contributed by atoms with Crippen molar-refractivity contribution in [1.82, 2.24) is 4.90 Å². The van der Waals surface area contributed by atoms with Gasteiger partial charge in [0.05, 0.1) is 21.3 Å². The standard InChI is InChI=1S/C16H23NO4/c1-11-8-14(19-2)15(20-3)9-12(11)10-17-7-5-6-13(17)16(18)21-4/h8-9,13H,5-7,10H2,1-4H3. The Kier molecular flexibility index (Phi) is 5.07. The topological polar surface area (TPSA) is 48.0 Å². The van der Waals surface area contributed by atoms with Gasteiger partial charge in [-0.3, -0.25) is 9.69 Å². The second kappa shape index (κ2) is 6.80. The fraction of sp³-hybridized carbons (Fsp3) is 0.562. The number of rotatable bonds is 5. The van der Waals surface area contributed by atoms with Crippen molar-refractivity contribution in [3.8, 4) is 11.5 Å². The molecule has 1 aromatic rings. The highest BCUT2D eigenvalue weighted by Crippen LogP contribution is 2.32. The Hall–Kier alpha value is -1.75. The van der Waals surface area contributed by atoms with E-state index in [2.05, 4.69) is 4.90 Å². The first-order valence-electron chi connectivity index (χ1n) is 7.14. The number of benzene rings is 1. The number of methoxy groups -OCH3 is 3. The number of carbonyl (C=O) groups excluding carboxylic acids is 1. The summed E-state index contributed by atoms with van der Waals surface area (Å²) in [6, 6.07) is 3.82. The molecule has 5 heteroatoms. The number of esters is 1. The molecular weight excluding hydrogens is 270 g/mol. The van der Waals surface area contributed by atoms with E-state index in [4.69, 9.17) is 14.2 Å². The zero-order chi connectivity index (χ0) is 15.4. The molecule has 1 aliphatic rings. The molecule has 0 aliphatic carbocycles. The predicted molar refractivity (Wildman–Crippen MR) is 79.7 cm³/mol. The molecule has 1 heterocycles. The molecule has 1 aromatic carbocycles. The van der Waals surface area contributed by atoms with Gasteiger partial charge in [0, 0.05) is 6.54 Å². The maximum Gasteiger partial charge on any atom is 0.323 e. The number of hydrogen-bond donors (Lipinski definition) is 0. The summed E-state index contributed by atoms with van der Waals surface area (Å²) < 4.78 is 15.6. The number of carbonyl (C=O) groups is 1. The van der Waals surface area contributed by atoms with Gasteiger partial charge in [-0.2, -0.15) is 0 Å². The van der Waals surface area contributed by atoms with Gasteiger partial charge in [0.25, 0.3) is 0 Å². The van der Waals surface area contributed by atoms with E-state index in [0.717, 1.165) is 36.3 Å². The molecule has 0 bridgehead atoms. The van der Waals surface area contributed by atoms with Crippen LogP contribution in [0.5, 0.6) is 11.5 Å². The molecule has 1 fully saturated rings. The highest BCUT2D eigenvalue weighted by atomic mass is 16.5. The van der Waals surface area contributed by atoms with E-state index in [1.54, 1.807) is 14.2 Å². The maximum absolute atomic E-state index is 11.8. The van der Waals surface area contributed by atoms with Gasteiger partial charge in [0.15, 0.2) is 11.5 Å². The molecule has 0 radical (unpaired) electrons. The first-order valence-corrected chi connectivity index (χ1v) is 7.14.